The van der Waals surface area contributed by atoms with Gasteiger partial charge in [0, 0.05) is 5.56 Å². The second kappa shape index (κ2) is 5.57. The molecule has 0 unspecified atom stereocenters. The van der Waals surface area contributed by atoms with E-state index in [2.05, 4.69) is 21.0 Å². The van der Waals surface area contributed by atoms with Crippen LogP contribution in [0.3, 0.4) is 0 Å². The monoisotopic (exact) mass is 322 g/mol. The van der Waals surface area contributed by atoms with Crippen LogP contribution in [-0.2, 0) is 6.54 Å². The van der Waals surface area contributed by atoms with Crippen molar-refractivity contribution in [2.75, 3.05) is 7.11 Å². The summed E-state index contributed by atoms with van der Waals surface area (Å²) in [4.78, 5) is 12.2. The fraction of sp³-hybridized carbons (Fsp3) is 0.286. The SMILES string of the molecule is COc1ccc(C(=O)Cn2nc(C)c(Br)c2C)cc1. The maximum Gasteiger partial charge on any atom is 0.184 e. The first-order valence-electron chi connectivity index (χ1n) is 5.89. The van der Waals surface area contributed by atoms with Crippen LogP contribution in [0.5, 0.6) is 5.75 Å². The van der Waals surface area contributed by atoms with Gasteiger partial charge in [-0.3, -0.25) is 9.48 Å². The van der Waals surface area contributed by atoms with Gasteiger partial charge in [-0.2, -0.15) is 5.10 Å². The van der Waals surface area contributed by atoms with E-state index in [1.54, 1.807) is 36.1 Å². The van der Waals surface area contributed by atoms with Gasteiger partial charge in [0.1, 0.15) is 12.3 Å². The number of ketones is 1. The van der Waals surface area contributed by atoms with Crippen LogP contribution < -0.4 is 4.74 Å². The summed E-state index contributed by atoms with van der Waals surface area (Å²) in [5.41, 5.74) is 2.50. The Balaban J connectivity index is 2.18. The van der Waals surface area contributed by atoms with Crippen LogP contribution in [0.15, 0.2) is 28.7 Å². The molecule has 2 rings (SSSR count). The van der Waals surface area contributed by atoms with Gasteiger partial charge in [0.25, 0.3) is 0 Å². The van der Waals surface area contributed by atoms with Crippen LogP contribution in [-0.4, -0.2) is 22.7 Å². The lowest BCUT2D eigenvalue weighted by Crippen LogP contribution is -2.13. The number of hydrogen-bond donors (Lipinski definition) is 0. The highest BCUT2D eigenvalue weighted by Gasteiger charge is 2.13. The third-order valence-corrected chi connectivity index (χ3v) is 4.15. The minimum absolute atomic E-state index is 0.0285. The zero-order chi connectivity index (χ0) is 14.0. The molecular formula is C14H15BrN2O2. The number of carbonyl (C=O) groups excluding carboxylic acids is 1. The number of aryl methyl sites for hydroxylation is 1. The Bertz CT molecular complexity index is 603. The number of carbonyl (C=O) groups is 1. The van der Waals surface area contributed by atoms with Crippen molar-refractivity contribution in [2.45, 2.75) is 20.4 Å². The van der Waals surface area contributed by atoms with Gasteiger partial charge in [-0.05, 0) is 54.0 Å². The molecule has 1 aromatic carbocycles. The van der Waals surface area contributed by atoms with E-state index in [1.165, 1.54) is 0 Å². The number of nitrogens with zero attached hydrogens (tertiary/aromatic N) is 2. The minimum atomic E-state index is 0.0285. The molecule has 0 radical (unpaired) electrons. The molecule has 0 amide bonds. The average Bonchev–Trinajstić information content (AvgIpc) is 2.66. The average molecular weight is 323 g/mol. The predicted octanol–water partition coefficient (Wildman–Crippen LogP) is 3.15. The Hall–Kier alpha value is -1.62. The Labute approximate surface area is 120 Å². The number of Topliss-reactive ketones (excluding diaryl/α,β-unsaturated/α-hetero) is 1. The summed E-state index contributed by atoms with van der Waals surface area (Å²) in [7, 11) is 1.60. The maximum absolute atomic E-state index is 12.2. The Morgan fingerprint density at radius 1 is 1.32 bits per heavy atom. The lowest BCUT2D eigenvalue weighted by Gasteiger charge is -2.05. The lowest BCUT2D eigenvalue weighted by molar-refractivity contribution is 0.0966. The first-order chi connectivity index (χ1) is 9.02. The van der Waals surface area contributed by atoms with Crippen LogP contribution in [0, 0.1) is 13.8 Å². The van der Waals surface area contributed by atoms with E-state index in [0.29, 0.717) is 5.56 Å². The number of rotatable bonds is 4. The van der Waals surface area contributed by atoms with Crippen LogP contribution in [0.25, 0.3) is 0 Å². The van der Waals surface area contributed by atoms with Gasteiger partial charge in [0.05, 0.1) is 23.0 Å². The highest BCUT2D eigenvalue weighted by Crippen LogP contribution is 2.20. The molecule has 0 saturated heterocycles. The number of aromatic nitrogens is 2. The summed E-state index contributed by atoms with van der Waals surface area (Å²) < 4.78 is 7.74. The van der Waals surface area contributed by atoms with Crippen molar-refractivity contribution in [1.29, 1.82) is 0 Å². The van der Waals surface area contributed by atoms with Gasteiger partial charge in [-0.1, -0.05) is 0 Å². The first-order valence-corrected chi connectivity index (χ1v) is 6.69. The van der Waals surface area contributed by atoms with Gasteiger partial charge in [-0.25, -0.2) is 0 Å². The molecule has 0 spiro atoms. The molecule has 0 aliphatic heterocycles. The zero-order valence-electron chi connectivity index (χ0n) is 11.1. The van der Waals surface area contributed by atoms with Crippen molar-refractivity contribution in [1.82, 2.24) is 9.78 Å². The van der Waals surface area contributed by atoms with Crippen molar-refractivity contribution in [3.63, 3.8) is 0 Å². The molecule has 1 aromatic heterocycles. The molecule has 2 aromatic rings. The summed E-state index contributed by atoms with van der Waals surface area (Å²) in [5.74, 6) is 0.770. The van der Waals surface area contributed by atoms with Crippen molar-refractivity contribution < 1.29 is 9.53 Å². The molecule has 0 aliphatic carbocycles. The van der Waals surface area contributed by atoms with Crippen LogP contribution in [0.1, 0.15) is 21.7 Å². The van der Waals surface area contributed by atoms with Crippen LogP contribution in [0.4, 0.5) is 0 Å². The number of halogens is 1. The van der Waals surface area contributed by atoms with Gasteiger partial charge in [0.15, 0.2) is 5.78 Å². The number of hydrogen-bond acceptors (Lipinski definition) is 3. The summed E-state index contributed by atoms with van der Waals surface area (Å²) in [6.07, 6.45) is 0. The van der Waals surface area contributed by atoms with E-state index >= 15 is 0 Å². The van der Waals surface area contributed by atoms with E-state index < -0.39 is 0 Å². The molecule has 4 nitrogen and oxygen atoms in total. The summed E-state index contributed by atoms with van der Waals surface area (Å²) in [6.45, 7) is 4.08. The normalized spacial score (nSPS) is 10.5. The lowest BCUT2D eigenvalue weighted by atomic mass is 10.1. The highest BCUT2D eigenvalue weighted by atomic mass is 79.9. The smallest absolute Gasteiger partial charge is 0.184 e. The summed E-state index contributed by atoms with van der Waals surface area (Å²) in [5, 5.41) is 4.33. The fourth-order valence-corrected chi connectivity index (χ4v) is 2.12. The molecule has 100 valence electrons. The van der Waals surface area contributed by atoms with Crippen LogP contribution in [0.2, 0.25) is 0 Å². The summed E-state index contributed by atoms with van der Waals surface area (Å²) in [6, 6.07) is 7.10. The quantitative estimate of drug-likeness (QED) is 0.812. The molecule has 5 heteroatoms. The maximum atomic E-state index is 12.2. The van der Waals surface area contributed by atoms with Crippen molar-refractivity contribution in [3.8, 4) is 5.75 Å². The molecule has 0 fully saturated rings. The second-order valence-electron chi connectivity index (χ2n) is 4.29. The second-order valence-corrected chi connectivity index (χ2v) is 5.09. The van der Waals surface area contributed by atoms with Crippen LogP contribution >= 0.6 is 15.9 Å². The number of benzene rings is 1. The van der Waals surface area contributed by atoms with E-state index in [0.717, 1.165) is 21.6 Å². The highest BCUT2D eigenvalue weighted by molar-refractivity contribution is 9.10. The van der Waals surface area contributed by atoms with Gasteiger partial charge < -0.3 is 4.74 Å². The largest absolute Gasteiger partial charge is 0.497 e. The molecule has 0 saturated carbocycles. The topological polar surface area (TPSA) is 44.1 Å². The standard InChI is InChI=1S/C14H15BrN2O2/c1-9-14(15)10(2)17(16-9)8-13(18)11-4-6-12(19-3)7-5-11/h4-7H,8H2,1-3H3. The Kier molecular flexibility index (Phi) is 4.04. The number of ether oxygens (including phenoxy) is 1. The Morgan fingerprint density at radius 3 is 2.42 bits per heavy atom. The Morgan fingerprint density at radius 2 is 1.95 bits per heavy atom. The summed E-state index contributed by atoms with van der Waals surface area (Å²) >= 11 is 3.45. The van der Waals surface area contributed by atoms with Gasteiger partial charge in [-0.15, -0.1) is 0 Å². The van der Waals surface area contributed by atoms with E-state index in [4.69, 9.17) is 4.74 Å². The van der Waals surface area contributed by atoms with E-state index in [9.17, 15) is 4.79 Å². The molecule has 0 aliphatic rings. The zero-order valence-corrected chi connectivity index (χ0v) is 12.7. The predicted molar refractivity (Wildman–Crippen MR) is 76.7 cm³/mol. The first kappa shape index (κ1) is 13.8. The van der Waals surface area contributed by atoms with E-state index in [-0.39, 0.29) is 12.3 Å². The van der Waals surface area contributed by atoms with Gasteiger partial charge in [0.2, 0.25) is 0 Å². The molecule has 19 heavy (non-hydrogen) atoms. The van der Waals surface area contributed by atoms with Gasteiger partial charge >= 0.3 is 0 Å². The van der Waals surface area contributed by atoms with E-state index in [1.807, 2.05) is 13.8 Å². The third-order valence-electron chi connectivity index (χ3n) is 3.00. The molecule has 0 atom stereocenters. The number of methoxy groups -OCH3 is 1. The minimum Gasteiger partial charge on any atom is -0.497 e. The van der Waals surface area contributed by atoms with Crippen molar-refractivity contribution in [3.05, 3.63) is 45.7 Å². The van der Waals surface area contributed by atoms with Crippen molar-refractivity contribution >= 4 is 21.7 Å². The molecule has 0 N–H and O–H groups in total. The molecular weight excluding hydrogens is 308 g/mol. The van der Waals surface area contributed by atoms with Crippen molar-refractivity contribution in [2.24, 2.45) is 0 Å². The fourth-order valence-electron chi connectivity index (χ4n) is 1.83. The third kappa shape index (κ3) is 2.87. The molecule has 1 heterocycles. The molecule has 0 bridgehead atoms.